The monoisotopic (exact) mass is 293 g/mol. The molecule has 0 bridgehead atoms. The molecule has 0 amide bonds. The van der Waals surface area contributed by atoms with E-state index < -0.39 is 0 Å². The predicted octanol–water partition coefficient (Wildman–Crippen LogP) is 1.97. The second-order valence-electron chi connectivity index (χ2n) is 5.58. The number of hydrogen-bond donors (Lipinski definition) is 1. The molecule has 116 valence electrons. The smallest absolute Gasteiger partial charge is 0.218 e. The first kappa shape index (κ1) is 14.5. The van der Waals surface area contributed by atoms with Crippen molar-refractivity contribution in [3.8, 4) is 5.88 Å². The van der Waals surface area contributed by atoms with Crippen LogP contribution >= 0.6 is 0 Å². The molecule has 0 spiro atoms. The molecule has 1 aliphatic carbocycles. The van der Waals surface area contributed by atoms with Gasteiger partial charge in [0.25, 0.3) is 0 Å². The van der Waals surface area contributed by atoms with Gasteiger partial charge in [0.05, 0.1) is 12.7 Å². The second-order valence-corrected chi connectivity index (χ2v) is 5.58. The molecule has 1 aromatic rings. The van der Waals surface area contributed by atoms with E-state index in [2.05, 4.69) is 15.3 Å². The summed E-state index contributed by atoms with van der Waals surface area (Å²) < 4.78 is 16.2. The molecule has 2 heterocycles. The number of anilines is 1. The van der Waals surface area contributed by atoms with Gasteiger partial charge in [0, 0.05) is 32.2 Å². The molecule has 1 atom stereocenters. The molecule has 1 aromatic heterocycles. The van der Waals surface area contributed by atoms with Gasteiger partial charge in [0.1, 0.15) is 18.2 Å². The average molecular weight is 293 g/mol. The van der Waals surface area contributed by atoms with E-state index >= 15 is 0 Å². The Morgan fingerprint density at radius 1 is 1.29 bits per heavy atom. The molecule has 2 fully saturated rings. The molecule has 1 aliphatic heterocycles. The molecule has 2 aliphatic rings. The summed E-state index contributed by atoms with van der Waals surface area (Å²) in [5.41, 5.74) is 0. The van der Waals surface area contributed by atoms with E-state index in [-0.39, 0.29) is 0 Å². The van der Waals surface area contributed by atoms with Crippen LogP contribution in [-0.2, 0) is 9.47 Å². The lowest BCUT2D eigenvalue weighted by Gasteiger charge is -2.13. The fraction of sp³-hybridized carbons (Fsp3) is 0.733. The van der Waals surface area contributed by atoms with Crippen LogP contribution in [0.15, 0.2) is 6.07 Å². The summed E-state index contributed by atoms with van der Waals surface area (Å²) in [5.74, 6) is 2.84. The number of ether oxygens (including phenoxy) is 3. The number of rotatable bonds is 8. The van der Waals surface area contributed by atoms with E-state index in [4.69, 9.17) is 14.2 Å². The highest BCUT2D eigenvalue weighted by Crippen LogP contribution is 2.39. The molecule has 6 nitrogen and oxygen atoms in total. The number of aromatic nitrogens is 2. The van der Waals surface area contributed by atoms with E-state index in [1.165, 1.54) is 12.8 Å². The zero-order valence-corrected chi connectivity index (χ0v) is 12.5. The van der Waals surface area contributed by atoms with E-state index in [9.17, 15) is 0 Å². The van der Waals surface area contributed by atoms with Gasteiger partial charge in [-0.2, -0.15) is 4.98 Å². The Bertz CT molecular complexity index is 459. The summed E-state index contributed by atoms with van der Waals surface area (Å²) >= 11 is 0. The molecule has 3 rings (SSSR count). The van der Waals surface area contributed by atoms with Crippen molar-refractivity contribution in [2.24, 2.45) is 0 Å². The molecular weight excluding hydrogens is 270 g/mol. The van der Waals surface area contributed by atoms with Gasteiger partial charge in [0.2, 0.25) is 5.88 Å². The van der Waals surface area contributed by atoms with Crippen molar-refractivity contribution in [3.63, 3.8) is 0 Å². The van der Waals surface area contributed by atoms with E-state index in [0.717, 1.165) is 37.6 Å². The molecule has 1 unspecified atom stereocenters. The van der Waals surface area contributed by atoms with Gasteiger partial charge in [-0.25, -0.2) is 4.98 Å². The number of hydrogen-bond acceptors (Lipinski definition) is 6. The molecule has 0 radical (unpaired) electrons. The summed E-state index contributed by atoms with van der Waals surface area (Å²) in [6, 6.07) is 1.86. The van der Waals surface area contributed by atoms with Crippen molar-refractivity contribution in [1.29, 1.82) is 0 Å². The van der Waals surface area contributed by atoms with Crippen molar-refractivity contribution >= 4 is 5.82 Å². The third-order valence-corrected chi connectivity index (χ3v) is 3.73. The quantitative estimate of drug-likeness (QED) is 0.739. The maximum Gasteiger partial charge on any atom is 0.218 e. The molecule has 1 saturated heterocycles. The number of methoxy groups -OCH3 is 1. The SMILES string of the molecule is COCCOc1cc(NCC2CCCO2)nc(C2CC2)n1. The van der Waals surface area contributed by atoms with E-state index in [1.807, 2.05) is 6.07 Å². The Morgan fingerprint density at radius 2 is 2.19 bits per heavy atom. The molecule has 0 aromatic carbocycles. The van der Waals surface area contributed by atoms with Gasteiger partial charge in [-0.15, -0.1) is 0 Å². The van der Waals surface area contributed by atoms with Gasteiger partial charge in [-0.05, 0) is 25.7 Å². The van der Waals surface area contributed by atoms with E-state index in [1.54, 1.807) is 7.11 Å². The zero-order chi connectivity index (χ0) is 14.5. The number of nitrogens with one attached hydrogen (secondary N) is 1. The van der Waals surface area contributed by atoms with Crippen LogP contribution in [-0.4, -0.2) is 49.5 Å². The Balaban J connectivity index is 1.62. The molecule has 1 N–H and O–H groups in total. The maximum absolute atomic E-state index is 5.63. The normalized spacial score (nSPS) is 21.5. The first-order chi connectivity index (χ1) is 10.3. The topological polar surface area (TPSA) is 65.5 Å². The van der Waals surface area contributed by atoms with Crippen LogP contribution < -0.4 is 10.1 Å². The van der Waals surface area contributed by atoms with Crippen LogP contribution in [0.25, 0.3) is 0 Å². The van der Waals surface area contributed by atoms with Crippen LogP contribution in [0, 0.1) is 0 Å². The average Bonchev–Trinajstić information content (AvgIpc) is 3.22. The van der Waals surface area contributed by atoms with Crippen LogP contribution in [0.1, 0.15) is 37.4 Å². The summed E-state index contributed by atoms with van der Waals surface area (Å²) in [5, 5.41) is 3.35. The Morgan fingerprint density at radius 3 is 2.90 bits per heavy atom. The summed E-state index contributed by atoms with van der Waals surface area (Å²) in [4.78, 5) is 9.08. The highest BCUT2D eigenvalue weighted by Gasteiger charge is 2.27. The van der Waals surface area contributed by atoms with Crippen molar-refractivity contribution in [1.82, 2.24) is 9.97 Å². The van der Waals surface area contributed by atoms with Crippen LogP contribution in [0.2, 0.25) is 0 Å². The highest BCUT2D eigenvalue weighted by atomic mass is 16.5. The first-order valence-electron chi connectivity index (χ1n) is 7.71. The van der Waals surface area contributed by atoms with Crippen LogP contribution in [0.5, 0.6) is 5.88 Å². The largest absolute Gasteiger partial charge is 0.475 e. The van der Waals surface area contributed by atoms with E-state index in [0.29, 0.717) is 31.1 Å². The van der Waals surface area contributed by atoms with Crippen LogP contribution in [0.4, 0.5) is 5.82 Å². The van der Waals surface area contributed by atoms with Gasteiger partial charge in [-0.1, -0.05) is 0 Å². The molecule has 21 heavy (non-hydrogen) atoms. The first-order valence-corrected chi connectivity index (χ1v) is 7.71. The number of nitrogens with zero attached hydrogens (tertiary/aromatic N) is 2. The maximum atomic E-state index is 5.63. The fourth-order valence-electron chi connectivity index (χ4n) is 2.38. The second kappa shape index (κ2) is 7.04. The van der Waals surface area contributed by atoms with Crippen molar-refractivity contribution in [2.75, 3.05) is 38.8 Å². The van der Waals surface area contributed by atoms with Gasteiger partial charge in [-0.3, -0.25) is 0 Å². The molecule has 6 heteroatoms. The molecular formula is C15H23N3O3. The highest BCUT2D eigenvalue weighted by molar-refractivity contribution is 5.39. The van der Waals surface area contributed by atoms with Gasteiger partial charge in [0.15, 0.2) is 0 Å². The predicted molar refractivity (Wildman–Crippen MR) is 78.8 cm³/mol. The minimum Gasteiger partial charge on any atom is -0.475 e. The third-order valence-electron chi connectivity index (χ3n) is 3.73. The fourth-order valence-corrected chi connectivity index (χ4v) is 2.38. The Hall–Kier alpha value is -1.40. The van der Waals surface area contributed by atoms with Crippen molar-refractivity contribution in [2.45, 2.75) is 37.7 Å². The van der Waals surface area contributed by atoms with Gasteiger partial charge >= 0.3 is 0 Å². The van der Waals surface area contributed by atoms with Crippen LogP contribution in [0.3, 0.4) is 0 Å². The lowest BCUT2D eigenvalue weighted by molar-refractivity contribution is 0.120. The summed E-state index contributed by atoms with van der Waals surface area (Å²) in [6.45, 7) is 2.72. The molecule has 1 saturated carbocycles. The minimum absolute atomic E-state index is 0.294. The lowest BCUT2D eigenvalue weighted by Crippen LogP contribution is -2.19. The Kier molecular flexibility index (Phi) is 4.87. The standard InChI is InChI=1S/C15H23N3O3/c1-19-7-8-21-14-9-13(16-10-12-3-2-6-20-12)17-15(18-14)11-4-5-11/h9,11-12H,2-8,10H2,1H3,(H,16,17,18). The van der Waals surface area contributed by atoms with Crippen molar-refractivity contribution < 1.29 is 14.2 Å². The third kappa shape index (κ3) is 4.28. The Labute approximate surface area is 125 Å². The summed E-state index contributed by atoms with van der Waals surface area (Å²) in [7, 11) is 1.66. The zero-order valence-electron chi connectivity index (χ0n) is 12.5. The van der Waals surface area contributed by atoms with Crippen molar-refractivity contribution in [3.05, 3.63) is 11.9 Å². The lowest BCUT2D eigenvalue weighted by atomic mass is 10.2. The van der Waals surface area contributed by atoms with Gasteiger partial charge < -0.3 is 19.5 Å². The summed E-state index contributed by atoms with van der Waals surface area (Å²) in [6.07, 6.45) is 4.90. The minimum atomic E-state index is 0.294.